The third-order valence-corrected chi connectivity index (χ3v) is 6.46. The molecule has 1 unspecified atom stereocenters. The lowest BCUT2D eigenvalue weighted by Crippen LogP contribution is -2.28. The average Bonchev–Trinajstić information content (AvgIpc) is 2.75. The topological polar surface area (TPSA) is 117 Å². The van der Waals surface area contributed by atoms with Gasteiger partial charge in [-0.15, -0.1) is 0 Å². The van der Waals surface area contributed by atoms with E-state index in [1.807, 2.05) is 31.2 Å². The first-order valence-electron chi connectivity index (χ1n) is 8.70. The molecule has 0 aliphatic rings. The maximum atomic E-state index is 11.8. The molecule has 0 spiro atoms. The number of rotatable bonds is 9. The highest BCUT2D eigenvalue weighted by Crippen LogP contribution is 2.34. The van der Waals surface area contributed by atoms with E-state index in [-0.39, 0.29) is 23.3 Å². The fourth-order valence-corrected chi connectivity index (χ4v) is 4.05. The van der Waals surface area contributed by atoms with E-state index in [2.05, 4.69) is 10.1 Å². The maximum Gasteiger partial charge on any atom is 0.514 e. The second-order valence-electron chi connectivity index (χ2n) is 5.90. The van der Waals surface area contributed by atoms with Crippen molar-refractivity contribution in [2.45, 2.75) is 23.7 Å². The summed E-state index contributed by atoms with van der Waals surface area (Å²) in [5.41, 5.74) is 0.686. The van der Waals surface area contributed by atoms with E-state index >= 15 is 0 Å². The van der Waals surface area contributed by atoms with Crippen molar-refractivity contribution >= 4 is 39.5 Å². The summed E-state index contributed by atoms with van der Waals surface area (Å²) in [6, 6.07) is 12.6. The highest BCUT2D eigenvalue weighted by Gasteiger charge is 2.10. The van der Waals surface area contributed by atoms with Crippen LogP contribution in [0.4, 0.5) is 15.3 Å². The molecule has 1 atom stereocenters. The quantitative estimate of drug-likeness (QED) is 0.188. The molecule has 9 nitrogen and oxygen atoms in total. The fraction of sp³-hybridized carbons (Fsp3) is 0.263. The number of ether oxygens (including phenoxy) is 3. The number of nitro groups is 1. The van der Waals surface area contributed by atoms with Gasteiger partial charge in [0.1, 0.15) is 12.4 Å². The van der Waals surface area contributed by atoms with Gasteiger partial charge in [-0.25, -0.2) is 9.59 Å². The highest BCUT2D eigenvalue weighted by molar-refractivity contribution is 8.76. The SMILES string of the molecule is COC(=O)NCC(C)SSc1ccc(COC(=O)Oc2ccc([N+](=O)[O-])cc2)cc1. The van der Waals surface area contributed by atoms with E-state index in [0.29, 0.717) is 6.54 Å². The molecule has 0 radical (unpaired) electrons. The molecule has 0 saturated carbocycles. The summed E-state index contributed by atoms with van der Waals surface area (Å²) in [4.78, 5) is 33.9. The molecule has 11 heteroatoms. The van der Waals surface area contributed by atoms with Gasteiger partial charge in [-0.3, -0.25) is 10.1 Å². The smallest absolute Gasteiger partial charge is 0.453 e. The molecule has 1 amide bonds. The van der Waals surface area contributed by atoms with Crippen molar-refractivity contribution in [1.82, 2.24) is 5.32 Å². The summed E-state index contributed by atoms with van der Waals surface area (Å²) >= 11 is 0. The number of carbonyl (C=O) groups is 2. The van der Waals surface area contributed by atoms with Crippen molar-refractivity contribution in [1.29, 1.82) is 0 Å². The van der Waals surface area contributed by atoms with Crippen LogP contribution in [-0.4, -0.2) is 36.1 Å². The number of nitrogens with zero attached hydrogens (tertiary/aromatic N) is 1. The van der Waals surface area contributed by atoms with Gasteiger partial charge in [0.2, 0.25) is 0 Å². The number of carbonyl (C=O) groups excluding carboxylic acids is 2. The molecule has 1 N–H and O–H groups in total. The van der Waals surface area contributed by atoms with Crippen molar-refractivity contribution in [3.05, 3.63) is 64.2 Å². The molecule has 0 saturated heterocycles. The Morgan fingerprint density at radius 1 is 1.13 bits per heavy atom. The van der Waals surface area contributed by atoms with Crippen LogP contribution in [0.15, 0.2) is 53.4 Å². The third-order valence-electron chi connectivity index (χ3n) is 3.56. The predicted octanol–water partition coefficient (Wildman–Crippen LogP) is 4.80. The molecule has 2 aromatic rings. The van der Waals surface area contributed by atoms with Crippen molar-refractivity contribution < 1.29 is 28.7 Å². The van der Waals surface area contributed by atoms with Crippen LogP contribution < -0.4 is 10.1 Å². The van der Waals surface area contributed by atoms with Gasteiger partial charge in [0, 0.05) is 28.8 Å². The average molecular weight is 453 g/mol. The van der Waals surface area contributed by atoms with Gasteiger partial charge in [-0.05, 0) is 29.8 Å². The molecular formula is C19H20N2O7S2. The molecule has 30 heavy (non-hydrogen) atoms. The van der Waals surface area contributed by atoms with Crippen LogP contribution in [0, 0.1) is 10.1 Å². The summed E-state index contributed by atoms with van der Waals surface area (Å²) in [6.07, 6.45) is -1.35. The van der Waals surface area contributed by atoms with E-state index in [9.17, 15) is 19.7 Å². The normalized spacial score (nSPS) is 11.3. The van der Waals surface area contributed by atoms with Crippen LogP contribution in [0.5, 0.6) is 5.75 Å². The van der Waals surface area contributed by atoms with E-state index in [0.717, 1.165) is 10.5 Å². The molecule has 0 heterocycles. The maximum absolute atomic E-state index is 11.8. The Morgan fingerprint density at radius 2 is 1.80 bits per heavy atom. The van der Waals surface area contributed by atoms with Gasteiger partial charge in [0.15, 0.2) is 0 Å². The lowest BCUT2D eigenvalue weighted by Gasteiger charge is -2.11. The van der Waals surface area contributed by atoms with Crippen molar-refractivity contribution in [3.63, 3.8) is 0 Å². The lowest BCUT2D eigenvalue weighted by atomic mass is 10.2. The van der Waals surface area contributed by atoms with Gasteiger partial charge < -0.3 is 19.5 Å². The Hall–Kier alpha value is -2.92. The molecule has 160 valence electrons. The zero-order valence-electron chi connectivity index (χ0n) is 16.2. The first-order chi connectivity index (χ1) is 14.4. The fourth-order valence-electron chi connectivity index (χ4n) is 2.02. The Morgan fingerprint density at radius 3 is 2.40 bits per heavy atom. The highest BCUT2D eigenvalue weighted by atomic mass is 33.1. The van der Waals surface area contributed by atoms with Crippen LogP contribution in [-0.2, 0) is 16.1 Å². The number of amides is 1. The molecule has 0 aliphatic carbocycles. The Bertz CT molecular complexity index is 860. The van der Waals surface area contributed by atoms with E-state index in [4.69, 9.17) is 9.47 Å². The molecule has 2 rings (SSSR count). The summed E-state index contributed by atoms with van der Waals surface area (Å²) in [7, 11) is 4.50. The number of nitro benzene ring substituents is 1. The summed E-state index contributed by atoms with van der Waals surface area (Å²) < 4.78 is 14.6. The van der Waals surface area contributed by atoms with Crippen LogP contribution in [0.2, 0.25) is 0 Å². The Kier molecular flexibility index (Phi) is 9.29. The minimum atomic E-state index is -0.898. The zero-order valence-corrected chi connectivity index (χ0v) is 17.9. The van der Waals surface area contributed by atoms with E-state index < -0.39 is 17.2 Å². The zero-order chi connectivity index (χ0) is 21.9. The second-order valence-corrected chi connectivity index (χ2v) is 8.61. The first-order valence-corrected chi connectivity index (χ1v) is 10.9. The number of hydrogen-bond acceptors (Lipinski definition) is 9. The summed E-state index contributed by atoms with van der Waals surface area (Å²) in [5, 5.41) is 13.4. The number of nitrogens with one attached hydrogen (secondary N) is 1. The molecule has 0 bridgehead atoms. The van der Waals surface area contributed by atoms with Crippen LogP contribution >= 0.6 is 21.6 Å². The monoisotopic (exact) mass is 452 g/mol. The molecule has 0 fully saturated rings. The predicted molar refractivity (Wildman–Crippen MR) is 114 cm³/mol. The van der Waals surface area contributed by atoms with Crippen molar-refractivity contribution in [2.75, 3.05) is 13.7 Å². The second kappa shape index (κ2) is 11.9. The lowest BCUT2D eigenvalue weighted by molar-refractivity contribution is -0.384. The Balaban J connectivity index is 1.72. The van der Waals surface area contributed by atoms with Gasteiger partial charge in [-0.1, -0.05) is 40.6 Å². The van der Waals surface area contributed by atoms with E-state index in [1.165, 1.54) is 31.4 Å². The number of methoxy groups -OCH3 is 1. The number of alkyl carbamates (subject to hydrolysis) is 1. The van der Waals surface area contributed by atoms with Crippen LogP contribution in [0.1, 0.15) is 12.5 Å². The summed E-state index contributed by atoms with van der Waals surface area (Å²) in [6.45, 7) is 2.52. The number of hydrogen-bond donors (Lipinski definition) is 1. The standard InChI is InChI=1S/C19H20N2O7S2/c1-13(11-20-18(22)26-2)29-30-17-9-3-14(4-10-17)12-27-19(23)28-16-7-5-15(6-8-16)21(24)25/h3-10,13H,11-12H2,1-2H3,(H,20,22). The number of non-ortho nitro benzene ring substituents is 1. The Labute approximate surface area is 181 Å². The van der Waals surface area contributed by atoms with E-state index in [1.54, 1.807) is 21.6 Å². The van der Waals surface area contributed by atoms with Crippen LogP contribution in [0.3, 0.4) is 0 Å². The number of benzene rings is 2. The minimum Gasteiger partial charge on any atom is -0.453 e. The van der Waals surface area contributed by atoms with Crippen LogP contribution in [0.25, 0.3) is 0 Å². The van der Waals surface area contributed by atoms with Gasteiger partial charge in [-0.2, -0.15) is 0 Å². The van der Waals surface area contributed by atoms with Crippen molar-refractivity contribution in [2.24, 2.45) is 0 Å². The third kappa shape index (κ3) is 8.21. The first kappa shape index (κ1) is 23.4. The largest absolute Gasteiger partial charge is 0.514 e. The van der Waals surface area contributed by atoms with Crippen molar-refractivity contribution in [3.8, 4) is 5.75 Å². The minimum absolute atomic E-state index is 0.0311. The molecule has 0 aliphatic heterocycles. The van der Waals surface area contributed by atoms with Gasteiger partial charge >= 0.3 is 12.2 Å². The van der Waals surface area contributed by atoms with Gasteiger partial charge in [0.25, 0.3) is 5.69 Å². The molecular weight excluding hydrogens is 432 g/mol. The summed E-state index contributed by atoms with van der Waals surface area (Å²) in [5.74, 6) is 0.158. The molecule has 0 aromatic heterocycles. The van der Waals surface area contributed by atoms with Gasteiger partial charge in [0.05, 0.1) is 12.0 Å². The molecule has 2 aromatic carbocycles.